The van der Waals surface area contributed by atoms with Crippen molar-refractivity contribution in [1.82, 2.24) is 8.98 Å². The van der Waals surface area contributed by atoms with Gasteiger partial charge in [-0.25, -0.2) is 9.47 Å². The van der Waals surface area contributed by atoms with Gasteiger partial charge in [0.15, 0.2) is 5.84 Å². The molecule has 3 aliphatic rings. The standard InChI is InChI=1S/C33H35N5O6S2/c1-45(19-8-7-18-37(45)21-22-10-3-2-4-11-22)33(41)44-24-16-17-26-28(20-24)46(42,43)36-31(34-26)29-30(39)25-14-5-6-15-27(25)38(32(29)40)35-23-12-9-13-23/h2-6,10-11,14-17,20,23,35,39H,7-9,12-13,18-19,21H2,1H3,(H,34,36). The van der Waals surface area contributed by atoms with E-state index in [2.05, 4.69) is 19.4 Å². The van der Waals surface area contributed by atoms with Crippen LogP contribution in [0.1, 0.15) is 43.2 Å². The van der Waals surface area contributed by atoms with E-state index in [0.717, 1.165) is 44.2 Å². The predicted molar refractivity (Wildman–Crippen MR) is 181 cm³/mol. The number of benzene rings is 3. The van der Waals surface area contributed by atoms with Crippen LogP contribution in [0.25, 0.3) is 10.9 Å². The summed E-state index contributed by atoms with van der Waals surface area (Å²) in [6.45, 7) is 1.40. The Hall–Kier alpha value is -4.33. The third-order valence-corrected chi connectivity index (χ3v) is 13.6. The van der Waals surface area contributed by atoms with Gasteiger partial charge < -0.3 is 20.6 Å². The van der Waals surface area contributed by atoms with Gasteiger partial charge in [0.05, 0.1) is 11.2 Å². The molecule has 0 bridgehead atoms. The van der Waals surface area contributed by atoms with Crippen LogP contribution >= 0.6 is 10.2 Å². The summed E-state index contributed by atoms with van der Waals surface area (Å²) in [5, 5.41) is 14.1. The molecule has 46 heavy (non-hydrogen) atoms. The molecule has 2 aliphatic heterocycles. The summed E-state index contributed by atoms with van der Waals surface area (Å²) in [6.07, 6.45) is 6.69. The Kier molecular flexibility index (Phi) is 7.78. The summed E-state index contributed by atoms with van der Waals surface area (Å²) < 4.78 is 40.4. The molecule has 0 amide bonds. The summed E-state index contributed by atoms with van der Waals surface area (Å²) in [7, 11) is -6.33. The number of fused-ring (bicyclic) bond motifs is 2. The molecule has 1 unspecified atom stereocenters. The number of nitrogens with zero attached hydrogens (tertiary/aromatic N) is 3. The summed E-state index contributed by atoms with van der Waals surface area (Å²) in [5.41, 5.74) is 4.07. The highest BCUT2D eigenvalue weighted by molar-refractivity contribution is 8.42. The number of hydrogen-bond acceptors (Lipinski definition) is 9. The number of anilines is 1. The van der Waals surface area contributed by atoms with Crippen molar-refractivity contribution in [3.05, 3.63) is 94.3 Å². The van der Waals surface area contributed by atoms with Crippen LogP contribution in [0.15, 0.2) is 86.9 Å². The molecule has 3 N–H and O–H groups in total. The fourth-order valence-electron chi connectivity index (χ4n) is 6.08. The molecule has 13 heteroatoms. The van der Waals surface area contributed by atoms with E-state index in [1.54, 1.807) is 24.3 Å². The smallest absolute Gasteiger partial charge is 0.367 e. The first-order chi connectivity index (χ1) is 22.1. The quantitative estimate of drug-likeness (QED) is 0.228. The van der Waals surface area contributed by atoms with Crippen LogP contribution in [0, 0.1) is 0 Å². The van der Waals surface area contributed by atoms with E-state index < -0.39 is 25.8 Å². The Morgan fingerprint density at radius 1 is 1.04 bits per heavy atom. The van der Waals surface area contributed by atoms with Crippen LogP contribution in [-0.2, 0) is 16.6 Å². The second-order valence-electron chi connectivity index (χ2n) is 12.0. The summed E-state index contributed by atoms with van der Waals surface area (Å²) in [6, 6.07) is 21.2. The first kappa shape index (κ1) is 30.3. The molecular weight excluding hydrogens is 627 g/mol. The topological polar surface area (TPSA) is 142 Å². The first-order valence-corrected chi connectivity index (χ1v) is 18.9. The lowest BCUT2D eigenvalue weighted by molar-refractivity contribution is 0.223. The number of amidine groups is 1. The maximum absolute atomic E-state index is 13.8. The zero-order valence-corrected chi connectivity index (χ0v) is 26.9. The highest BCUT2D eigenvalue weighted by atomic mass is 32.3. The lowest BCUT2D eigenvalue weighted by Crippen LogP contribution is -2.42. The summed E-state index contributed by atoms with van der Waals surface area (Å²) in [5.74, 6) is 0.128. The number of ether oxygens (including phenoxy) is 1. The van der Waals surface area contributed by atoms with Crippen molar-refractivity contribution < 1.29 is 23.1 Å². The molecule has 240 valence electrons. The molecule has 4 aromatic rings. The van der Waals surface area contributed by atoms with Gasteiger partial charge in [-0.05, 0) is 73.9 Å². The van der Waals surface area contributed by atoms with E-state index >= 15 is 0 Å². The minimum Gasteiger partial charge on any atom is -0.506 e. The number of aromatic nitrogens is 1. The zero-order valence-electron chi connectivity index (χ0n) is 25.3. The Morgan fingerprint density at radius 3 is 2.57 bits per heavy atom. The number of nitrogens with one attached hydrogen (secondary N) is 2. The summed E-state index contributed by atoms with van der Waals surface area (Å²) >= 11 is 0. The van der Waals surface area contributed by atoms with E-state index in [4.69, 9.17) is 4.74 Å². The summed E-state index contributed by atoms with van der Waals surface area (Å²) in [4.78, 5) is 27.3. The van der Waals surface area contributed by atoms with Crippen LogP contribution in [0.3, 0.4) is 0 Å². The maximum Gasteiger partial charge on any atom is 0.367 e. The zero-order chi connectivity index (χ0) is 32.1. The van der Waals surface area contributed by atoms with Crippen LogP contribution in [0.5, 0.6) is 11.5 Å². The first-order valence-electron chi connectivity index (χ1n) is 15.3. The van der Waals surface area contributed by atoms with Gasteiger partial charge in [0.1, 0.15) is 22.0 Å². The molecule has 1 atom stereocenters. The third kappa shape index (κ3) is 5.41. The molecule has 3 heterocycles. The largest absolute Gasteiger partial charge is 0.506 e. The SMILES string of the molecule is CS1(C(=O)Oc2ccc3c(c2)S(=O)(=O)N=C(c2c(O)c4ccccc4n(NC4CCC4)c2=O)N3)CCCCN1Cc1ccccc1. The van der Waals surface area contributed by atoms with Crippen molar-refractivity contribution in [3.8, 4) is 11.5 Å². The third-order valence-electron chi connectivity index (χ3n) is 8.93. The van der Waals surface area contributed by atoms with Crippen molar-refractivity contribution >= 4 is 48.0 Å². The average molecular weight is 662 g/mol. The van der Waals surface area contributed by atoms with Gasteiger partial charge in [0.2, 0.25) is 0 Å². The van der Waals surface area contributed by atoms with E-state index in [-0.39, 0.29) is 44.8 Å². The Labute approximate surface area is 268 Å². The van der Waals surface area contributed by atoms with Crippen molar-refractivity contribution in [2.75, 3.05) is 29.3 Å². The second-order valence-corrected chi connectivity index (χ2v) is 16.9. The fourth-order valence-corrected chi connectivity index (χ4v) is 9.86. The van der Waals surface area contributed by atoms with E-state index in [0.29, 0.717) is 23.2 Å². The number of carbonyl (C=O) groups excluding carboxylic acids is 1. The van der Waals surface area contributed by atoms with E-state index in [1.807, 2.05) is 36.6 Å². The molecule has 7 rings (SSSR count). The Bertz CT molecular complexity index is 2050. The van der Waals surface area contributed by atoms with Crippen molar-refractivity contribution in [2.45, 2.75) is 49.6 Å². The molecule has 1 aliphatic carbocycles. The minimum atomic E-state index is -4.35. The average Bonchev–Trinajstić information content (AvgIpc) is 3.02. The van der Waals surface area contributed by atoms with Crippen LogP contribution in [0.4, 0.5) is 10.5 Å². The molecule has 1 aromatic heterocycles. The van der Waals surface area contributed by atoms with Gasteiger partial charge in [0, 0.05) is 30.6 Å². The van der Waals surface area contributed by atoms with E-state index in [9.17, 15) is 23.1 Å². The van der Waals surface area contributed by atoms with Gasteiger partial charge in [-0.2, -0.15) is 8.42 Å². The van der Waals surface area contributed by atoms with Gasteiger partial charge >= 0.3 is 5.30 Å². The normalized spacial score (nSPS) is 22.4. The van der Waals surface area contributed by atoms with E-state index in [1.165, 1.54) is 22.9 Å². The van der Waals surface area contributed by atoms with Gasteiger partial charge in [-0.1, -0.05) is 52.7 Å². The second kappa shape index (κ2) is 11.8. The van der Waals surface area contributed by atoms with Gasteiger partial charge in [0.25, 0.3) is 15.6 Å². The van der Waals surface area contributed by atoms with Gasteiger partial charge in [-0.3, -0.25) is 9.10 Å². The molecule has 0 radical (unpaired) electrons. The molecule has 3 aromatic carbocycles. The fraction of sp³-hybridized carbons (Fsp3) is 0.303. The minimum absolute atomic E-state index is 0.0901. The van der Waals surface area contributed by atoms with Crippen LogP contribution in [-0.4, -0.2) is 58.2 Å². The number of rotatable bonds is 6. The lowest BCUT2D eigenvalue weighted by Gasteiger charge is -2.46. The van der Waals surface area contributed by atoms with Crippen molar-refractivity contribution in [2.24, 2.45) is 4.40 Å². The highest BCUT2D eigenvalue weighted by Crippen LogP contribution is 2.54. The van der Waals surface area contributed by atoms with Crippen molar-refractivity contribution in [1.29, 1.82) is 0 Å². The number of sulfonamides is 1. The number of aromatic hydroxyl groups is 1. The maximum atomic E-state index is 13.8. The molecule has 1 saturated heterocycles. The monoisotopic (exact) mass is 661 g/mol. The predicted octanol–water partition coefficient (Wildman–Crippen LogP) is 5.51. The van der Waals surface area contributed by atoms with Crippen LogP contribution < -0.4 is 21.0 Å². The number of carbonyl (C=O) groups is 1. The Balaban J connectivity index is 1.19. The molecule has 0 spiro atoms. The molecular formula is C33H35N5O6S2. The number of hydrogen-bond donors (Lipinski definition) is 3. The van der Waals surface area contributed by atoms with Crippen LogP contribution in [0.2, 0.25) is 0 Å². The molecule has 11 nitrogen and oxygen atoms in total. The number of pyridine rings is 1. The highest BCUT2D eigenvalue weighted by Gasteiger charge is 2.39. The lowest BCUT2D eigenvalue weighted by atomic mass is 9.94. The number of para-hydroxylation sites is 1. The van der Waals surface area contributed by atoms with Gasteiger partial charge in [-0.15, -0.1) is 4.40 Å². The molecule has 1 saturated carbocycles. The Morgan fingerprint density at radius 2 is 1.80 bits per heavy atom. The molecule has 2 fully saturated rings. The van der Waals surface area contributed by atoms with Crippen molar-refractivity contribution in [3.63, 3.8) is 0 Å².